The molecule has 1 saturated heterocycles. The Bertz CT molecular complexity index is 260. The molecule has 106 valence electrons. The molecule has 0 radical (unpaired) electrons. The number of piperidine rings is 1. The van der Waals surface area contributed by atoms with E-state index in [0.29, 0.717) is 13.2 Å². The lowest BCUT2D eigenvalue weighted by Gasteiger charge is -2.36. The van der Waals surface area contributed by atoms with Gasteiger partial charge in [0.15, 0.2) is 0 Å². The number of β-amino-alcohol motifs (C(OH)–C–C–N with tert-alkyl or cyclic N) is 1. The van der Waals surface area contributed by atoms with Crippen molar-refractivity contribution < 1.29 is 19.7 Å². The van der Waals surface area contributed by atoms with Gasteiger partial charge in [0, 0.05) is 19.6 Å². The molecule has 1 atom stereocenters. The van der Waals surface area contributed by atoms with Crippen LogP contribution in [0.5, 0.6) is 0 Å². The molecule has 0 aromatic heterocycles. The number of hydrogen-bond donors (Lipinski definition) is 2. The van der Waals surface area contributed by atoms with E-state index in [9.17, 15) is 9.90 Å². The van der Waals surface area contributed by atoms with Gasteiger partial charge in [0.1, 0.15) is 0 Å². The lowest BCUT2D eigenvalue weighted by molar-refractivity contribution is -0.139. The van der Waals surface area contributed by atoms with Gasteiger partial charge in [-0.25, -0.2) is 0 Å². The third-order valence-electron chi connectivity index (χ3n) is 3.53. The van der Waals surface area contributed by atoms with E-state index in [-0.39, 0.29) is 12.5 Å². The van der Waals surface area contributed by atoms with Gasteiger partial charge in [-0.2, -0.15) is 0 Å². The van der Waals surface area contributed by atoms with Crippen LogP contribution in [-0.4, -0.2) is 59.0 Å². The minimum absolute atomic E-state index is 0.0742. The number of ether oxygens (including phenoxy) is 1. The summed E-state index contributed by atoms with van der Waals surface area (Å²) in [6.45, 7) is 6.67. The molecule has 1 fully saturated rings. The van der Waals surface area contributed by atoms with Gasteiger partial charge in [-0.15, -0.1) is 0 Å². The largest absolute Gasteiger partial charge is 0.481 e. The zero-order valence-electron chi connectivity index (χ0n) is 11.4. The fraction of sp³-hybridized carbons (Fsp3) is 0.923. The van der Waals surface area contributed by atoms with Crippen molar-refractivity contribution in [2.45, 2.75) is 51.2 Å². The van der Waals surface area contributed by atoms with Crippen LogP contribution in [0.1, 0.15) is 39.5 Å². The Kier molecular flexibility index (Phi) is 6.05. The van der Waals surface area contributed by atoms with E-state index < -0.39 is 11.6 Å². The number of nitrogens with zero attached hydrogens (tertiary/aromatic N) is 1. The van der Waals surface area contributed by atoms with Crippen LogP contribution in [0.15, 0.2) is 0 Å². The van der Waals surface area contributed by atoms with Gasteiger partial charge in [-0.3, -0.25) is 4.79 Å². The first-order valence-corrected chi connectivity index (χ1v) is 6.71. The lowest BCUT2D eigenvalue weighted by Crippen LogP contribution is -2.45. The van der Waals surface area contributed by atoms with E-state index in [1.54, 1.807) is 0 Å². The van der Waals surface area contributed by atoms with Crippen LogP contribution in [0.2, 0.25) is 0 Å². The van der Waals surface area contributed by atoms with Gasteiger partial charge in [0.2, 0.25) is 0 Å². The van der Waals surface area contributed by atoms with Crippen LogP contribution in [0.4, 0.5) is 0 Å². The van der Waals surface area contributed by atoms with Crippen molar-refractivity contribution >= 4 is 5.97 Å². The summed E-state index contributed by atoms with van der Waals surface area (Å²) in [6, 6.07) is 0. The maximum absolute atomic E-state index is 10.4. The molecule has 2 N–H and O–H groups in total. The second-order valence-corrected chi connectivity index (χ2v) is 5.34. The molecular formula is C13H25NO4. The van der Waals surface area contributed by atoms with Gasteiger partial charge >= 0.3 is 5.97 Å². The van der Waals surface area contributed by atoms with Crippen LogP contribution >= 0.6 is 0 Å². The summed E-state index contributed by atoms with van der Waals surface area (Å²) in [5.41, 5.74) is -0.614. The van der Waals surface area contributed by atoms with Crippen molar-refractivity contribution in [2.75, 3.05) is 26.2 Å². The summed E-state index contributed by atoms with van der Waals surface area (Å²) in [5.74, 6) is -0.813. The zero-order valence-corrected chi connectivity index (χ0v) is 11.4. The summed E-state index contributed by atoms with van der Waals surface area (Å²) >= 11 is 0. The van der Waals surface area contributed by atoms with E-state index in [1.165, 1.54) is 0 Å². The van der Waals surface area contributed by atoms with Crippen molar-refractivity contribution in [2.24, 2.45) is 0 Å². The molecular weight excluding hydrogens is 234 g/mol. The van der Waals surface area contributed by atoms with Gasteiger partial charge in [0.05, 0.1) is 24.7 Å². The summed E-state index contributed by atoms with van der Waals surface area (Å²) < 4.78 is 5.53. The Hall–Kier alpha value is -0.650. The topological polar surface area (TPSA) is 70.0 Å². The molecule has 1 heterocycles. The molecule has 1 rings (SSSR count). The summed E-state index contributed by atoms with van der Waals surface area (Å²) in [7, 11) is 0. The van der Waals surface area contributed by atoms with Crippen LogP contribution < -0.4 is 0 Å². The molecule has 1 aliphatic rings. The average molecular weight is 259 g/mol. The predicted molar refractivity (Wildman–Crippen MR) is 68.6 cm³/mol. The fourth-order valence-electron chi connectivity index (χ4n) is 2.14. The average Bonchev–Trinajstić information content (AvgIpc) is 2.31. The first kappa shape index (κ1) is 15.4. The number of aliphatic hydroxyl groups is 1. The third-order valence-corrected chi connectivity index (χ3v) is 3.53. The standard InChI is InChI=1S/C13H25NO4/c1-3-13(2,17)10-14-7-4-11(5-8-14)18-9-6-12(15)16/h11,17H,3-10H2,1-2H3,(H,15,16). The van der Waals surface area contributed by atoms with Gasteiger partial charge < -0.3 is 19.8 Å². The highest BCUT2D eigenvalue weighted by Gasteiger charge is 2.26. The van der Waals surface area contributed by atoms with E-state index >= 15 is 0 Å². The number of carboxylic acids is 1. The Labute approximate surface area is 109 Å². The van der Waals surface area contributed by atoms with E-state index in [0.717, 1.165) is 32.4 Å². The summed E-state index contributed by atoms with van der Waals surface area (Å²) in [4.78, 5) is 12.6. The molecule has 5 heteroatoms. The van der Waals surface area contributed by atoms with Gasteiger partial charge in [-0.1, -0.05) is 6.92 Å². The summed E-state index contributed by atoms with van der Waals surface area (Å²) in [5, 5.41) is 18.5. The minimum atomic E-state index is -0.813. The highest BCUT2D eigenvalue weighted by Crippen LogP contribution is 2.18. The molecule has 0 saturated carbocycles. The maximum atomic E-state index is 10.4. The number of rotatable bonds is 7. The van der Waals surface area contributed by atoms with E-state index in [2.05, 4.69) is 4.90 Å². The molecule has 0 aromatic carbocycles. The smallest absolute Gasteiger partial charge is 0.305 e. The van der Waals surface area contributed by atoms with Crippen molar-refractivity contribution in [3.8, 4) is 0 Å². The minimum Gasteiger partial charge on any atom is -0.481 e. The lowest BCUT2D eigenvalue weighted by atomic mass is 10.0. The van der Waals surface area contributed by atoms with Crippen molar-refractivity contribution in [1.29, 1.82) is 0 Å². The molecule has 0 aromatic rings. The quantitative estimate of drug-likeness (QED) is 0.716. The van der Waals surface area contributed by atoms with Crippen LogP contribution in [0.25, 0.3) is 0 Å². The van der Waals surface area contributed by atoms with Crippen molar-refractivity contribution in [3.63, 3.8) is 0 Å². The number of hydrogen-bond acceptors (Lipinski definition) is 4. The van der Waals surface area contributed by atoms with Crippen LogP contribution in [0.3, 0.4) is 0 Å². The number of aliphatic carboxylic acids is 1. The third kappa shape index (κ3) is 5.80. The monoisotopic (exact) mass is 259 g/mol. The number of carboxylic acid groups (broad SMARTS) is 1. The summed E-state index contributed by atoms with van der Waals surface area (Å²) in [6.07, 6.45) is 2.83. The highest BCUT2D eigenvalue weighted by atomic mass is 16.5. The van der Waals surface area contributed by atoms with Crippen LogP contribution in [0, 0.1) is 0 Å². The molecule has 0 bridgehead atoms. The molecule has 18 heavy (non-hydrogen) atoms. The number of likely N-dealkylation sites (tertiary alicyclic amines) is 1. The Morgan fingerprint density at radius 3 is 2.56 bits per heavy atom. The van der Waals surface area contributed by atoms with Crippen molar-refractivity contribution in [1.82, 2.24) is 4.90 Å². The van der Waals surface area contributed by atoms with E-state index in [4.69, 9.17) is 9.84 Å². The normalized spacial score (nSPS) is 21.7. The first-order valence-electron chi connectivity index (χ1n) is 6.71. The van der Waals surface area contributed by atoms with E-state index in [1.807, 2.05) is 13.8 Å². The molecule has 1 unspecified atom stereocenters. The number of carbonyl (C=O) groups is 1. The first-order chi connectivity index (χ1) is 8.43. The SMILES string of the molecule is CCC(C)(O)CN1CCC(OCCC(=O)O)CC1. The second kappa shape index (κ2) is 7.07. The zero-order chi connectivity index (χ0) is 13.6. The van der Waals surface area contributed by atoms with Gasteiger partial charge in [0.25, 0.3) is 0 Å². The fourth-order valence-corrected chi connectivity index (χ4v) is 2.14. The Balaban J connectivity index is 2.18. The molecule has 0 spiro atoms. The molecule has 0 aliphatic carbocycles. The highest BCUT2D eigenvalue weighted by molar-refractivity contribution is 5.66. The second-order valence-electron chi connectivity index (χ2n) is 5.34. The molecule has 1 aliphatic heterocycles. The van der Waals surface area contributed by atoms with Gasteiger partial charge in [-0.05, 0) is 26.2 Å². The van der Waals surface area contributed by atoms with Crippen LogP contribution in [-0.2, 0) is 9.53 Å². The molecule has 5 nitrogen and oxygen atoms in total. The molecule has 0 amide bonds. The Morgan fingerprint density at radius 1 is 1.44 bits per heavy atom. The Morgan fingerprint density at radius 2 is 2.06 bits per heavy atom. The predicted octanol–water partition coefficient (Wildman–Crippen LogP) is 1.10. The van der Waals surface area contributed by atoms with Crippen molar-refractivity contribution in [3.05, 3.63) is 0 Å². The maximum Gasteiger partial charge on any atom is 0.305 e.